The summed E-state index contributed by atoms with van der Waals surface area (Å²) in [5.74, 6) is 0. The molecule has 0 aromatic rings. The molecule has 0 radical (unpaired) electrons. The van der Waals surface area contributed by atoms with Gasteiger partial charge in [0.05, 0.1) is 8.07 Å². The first-order valence-corrected chi connectivity index (χ1v) is 8.70. The fourth-order valence-electron chi connectivity index (χ4n) is 0.888. The Bertz CT molecular complexity index is 133. The lowest BCUT2D eigenvalue weighted by Gasteiger charge is -2.10. The summed E-state index contributed by atoms with van der Waals surface area (Å²) in [5, 5.41) is 0. The molecule has 0 aromatic heterocycles. The summed E-state index contributed by atoms with van der Waals surface area (Å²) < 4.78 is 1.42. The van der Waals surface area contributed by atoms with E-state index in [1.807, 2.05) is 0 Å². The molecular weight excluding hydrogens is 216 g/mol. The molecule has 0 spiro atoms. The van der Waals surface area contributed by atoms with Gasteiger partial charge in [0.15, 0.2) is 0 Å². The molecule has 0 aliphatic carbocycles. The molecule has 66 valence electrons. The molecule has 0 saturated heterocycles. The van der Waals surface area contributed by atoms with Crippen molar-refractivity contribution in [3.05, 3.63) is 10.2 Å². The summed E-state index contributed by atoms with van der Waals surface area (Å²) in [6.45, 7) is 9.31. The second-order valence-electron chi connectivity index (χ2n) is 4.06. The largest absolute Gasteiger partial charge is 0.0851 e. The van der Waals surface area contributed by atoms with Crippen LogP contribution < -0.4 is 0 Å². The molecule has 0 amide bonds. The van der Waals surface area contributed by atoms with E-state index < -0.39 is 8.07 Å². The van der Waals surface area contributed by atoms with E-state index >= 15 is 0 Å². The molecule has 0 nitrogen and oxygen atoms in total. The highest BCUT2D eigenvalue weighted by molar-refractivity contribution is 9.11. The highest BCUT2D eigenvalue weighted by Crippen LogP contribution is 2.18. The van der Waals surface area contributed by atoms with Crippen LogP contribution in [0.5, 0.6) is 0 Å². The van der Waals surface area contributed by atoms with Gasteiger partial charge in [0.1, 0.15) is 0 Å². The van der Waals surface area contributed by atoms with Crippen LogP contribution in [0, 0.1) is 0 Å². The van der Waals surface area contributed by atoms with Gasteiger partial charge in [0, 0.05) is 0 Å². The number of hydrogen-bond acceptors (Lipinski definition) is 0. The van der Waals surface area contributed by atoms with Crippen LogP contribution in [0.25, 0.3) is 0 Å². The molecule has 0 heterocycles. The van der Waals surface area contributed by atoms with Crippen LogP contribution in [0.15, 0.2) is 10.2 Å². The molecule has 0 unspecified atom stereocenters. The lowest BCUT2D eigenvalue weighted by molar-refractivity contribution is 0.810. The van der Waals surface area contributed by atoms with Gasteiger partial charge < -0.3 is 0 Å². The van der Waals surface area contributed by atoms with Crippen LogP contribution in [-0.4, -0.2) is 8.07 Å². The topological polar surface area (TPSA) is 0 Å². The molecule has 0 saturated carbocycles. The van der Waals surface area contributed by atoms with Crippen molar-refractivity contribution in [2.24, 2.45) is 0 Å². The third kappa shape index (κ3) is 8.34. The maximum absolute atomic E-state index is 3.61. The Morgan fingerprint density at radius 1 is 1.36 bits per heavy atom. The summed E-state index contributed by atoms with van der Waals surface area (Å²) >= 11 is 3.61. The number of allylic oxidation sites excluding steroid dienone is 1. The second kappa shape index (κ2) is 5.15. The van der Waals surface area contributed by atoms with Gasteiger partial charge in [0.25, 0.3) is 0 Å². The Labute approximate surface area is 80.2 Å². The minimum Gasteiger partial charge on any atom is -0.0851 e. The van der Waals surface area contributed by atoms with Gasteiger partial charge >= 0.3 is 0 Å². The van der Waals surface area contributed by atoms with Gasteiger partial charge in [-0.3, -0.25) is 0 Å². The Balaban J connectivity index is 3.81. The van der Waals surface area contributed by atoms with Crippen molar-refractivity contribution in [3.8, 4) is 0 Å². The van der Waals surface area contributed by atoms with E-state index in [4.69, 9.17) is 0 Å². The fraction of sp³-hybridized carbons (Fsp3) is 0.778. The lowest BCUT2D eigenvalue weighted by Crippen LogP contribution is -2.16. The van der Waals surface area contributed by atoms with Gasteiger partial charge in [-0.05, 0) is 17.3 Å². The van der Waals surface area contributed by atoms with Crippen LogP contribution in [-0.2, 0) is 0 Å². The normalized spacial score (nSPS) is 13.7. The van der Waals surface area contributed by atoms with Crippen molar-refractivity contribution >= 4 is 24.0 Å². The molecule has 0 rings (SSSR count). The molecular formula is C9H19BrSi. The third-order valence-corrected chi connectivity index (χ3v) is 3.62. The van der Waals surface area contributed by atoms with Gasteiger partial charge in [-0.1, -0.05) is 54.6 Å². The Kier molecular flexibility index (Phi) is 5.35. The second-order valence-corrected chi connectivity index (χ2v) is 10.1. The molecule has 11 heavy (non-hydrogen) atoms. The van der Waals surface area contributed by atoms with E-state index in [2.05, 4.69) is 48.2 Å². The smallest absolute Gasteiger partial charge is 0.0697 e. The van der Waals surface area contributed by atoms with Gasteiger partial charge in [-0.15, -0.1) is 0 Å². The van der Waals surface area contributed by atoms with Crippen LogP contribution in [0.2, 0.25) is 19.6 Å². The van der Waals surface area contributed by atoms with Gasteiger partial charge in [-0.25, -0.2) is 0 Å². The van der Waals surface area contributed by atoms with Crippen molar-refractivity contribution in [1.29, 1.82) is 0 Å². The first-order valence-electron chi connectivity index (χ1n) is 4.33. The quantitative estimate of drug-likeness (QED) is 0.636. The predicted molar refractivity (Wildman–Crippen MR) is 59.9 cm³/mol. The Hall–Kier alpha value is 0.437. The van der Waals surface area contributed by atoms with Crippen molar-refractivity contribution in [2.45, 2.75) is 45.8 Å². The maximum atomic E-state index is 3.61. The monoisotopic (exact) mass is 234 g/mol. The standard InChI is InChI=1S/C9H19BrSi/c1-5-6-7-9(10)8-11(2,3)4/h8H,5-7H2,1-4H3/b9-8+. The van der Waals surface area contributed by atoms with Crippen molar-refractivity contribution < 1.29 is 0 Å². The summed E-state index contributed by atoms with van der Waals surface area (Å²) in [7, 11) is -0.979. The van der Waals surface area contributed by atoms with E-state index in [1.54, 1.807) is 0 Å². The van der Waals surface area contributed by atoms with Gasteiger partial charge in [-0.2, -0.15) is 0 Å². The summed E-state index contributed by atoms with van der Waals surface area (Å²) in [6, 6.07) is 0. The Morgan fingerprint density at radius 2 is 1.91 bits per heavy atom. The highest BCUT2D eigenvalue weighted by atomic mass is 79.9. The van der Waals surface area contributed by atoms with Gasteiger partial charge in [0.2, 0.25) is 0 Å². The number of hydrogen-bond donors (Lipinski definition) is 0. The Morgan fingerprint density at radius 3 is 2.27 bits per heavy atom. The summed E-state index contributed by atoms with van der Waals surface area (Å²) in [5.41, 5.74) is 2.43. The van der Waals surface area contributed by atoms with Crippen LogP contribution in [0.4, 0.5) is 0 Å². The fourth-order valence-corrected chi connectivity index (χ4v) is 4.31. The molecule has 0 N–H and O–H groups in total. The van der Waals surface area contributed by atoms with Crippen molar-refractivity contribution in [3.63, 3.8) is 0 Å². The maximum Gasteiger partial charge on any atom is 0.0697 e. The van der Waals surface area contributed by atoms with E-state index in [1.165, 1.54) is 23.7 Å². The molecule has 2 heteroatoms. The van der Waals surface area contributed by atoms with E-state index in [-0.39, 0.29) is 0 Å². The molecule has 0 aromatic carbocycles. The van der Waals surface area contributed by atoms with Crippen LogP contribution >= 0.6 is 15.9 Å². The SMILES string of the molecule is CCCC/C(Br)=C\[Si](C)(C)C. The first kappa shape index (κ1) is 11.4. The average molecular weight is 235 g/mol. The zero-order valence-electron chi connectivity index (χ0n) is 8.08. The third-order valence-electron chi connectivity index (χ3n) is 1.36. The number of halogens is 1. The molecule has 0 aliphatic rings. The molecule has 0 fully saturated rings. The van der Waals surface area contributed by atoms with Crippen LogP contribution in [0.3, 0.4) is 0 Å². The number of unbranched alkanes of at least 4 members (excludes halogenated alkanes) is 1. The zero-order valence-corrected chi connectivity index (χ0v) is 10.7. The number of rotatable bonds is 4. The average Bonchev–Trinajstić information content (AvgIpc) is 1.79. The predicted octanol–water partition coefficient (Wildman–Crippen LogP) is 4.33. The molecule has 0 aliphatic heterocycles. The van der Waals surface area contributed by atoms with E-state index in [9.17, 15) is 0 Å². The minimum absolute atomic E-state index is 0.979. The summed E-state index contributed by atoms with van der Waals surface area (Å²) in [6.07, 6.45) is 3.82. The van der Waals surface area contributed by atoms with Crippen molar-refractivity contribution in [2.75, 3.05) is 0 Å². The summed E-state index contributed by atoms with van der Waals surface area (Å²) in [4.78, 5) is 0. The van der Waals surface area contributed by atoms with Crippen LogP contribution in [0.1, 0.15) is 26.2 Å². The lowest BCUT2D eigenvalue weighted by atomic mass is 10.2. The first-order chi connectivity index (χ1) is 4.95. The minimum atomic E-state index is -0.979. The molecule has 0 bridgehead atoms. The molecule has 0 atom stereocenters. The van der Waals surface area contributed by atoms with E-state index in [0.29, 0.717) is 0 Å². The zero-order chi connectivity index (χ0) is 8.91. The van der Waals surface area contributed by atoms with Crippen molar-refractivity contribution in [1.82, 2.24) is 0 Å². The van der Waals surface area contributed by atoms with E-state index in [0.717, 1.165) is 0 Å². The highest BCUT2D eigenvalue weighted by Gasteiger charge is 2.09.